The minimum atomic E-state index is -0.653. The van der Waals surface area contributed by atoms with Gasteiger partial charge >= 0.3 is 0 Å². The molecule has 2 aliphatic rings. The molecule has 0 atom stereocenters. The number of imidazole rings is 2. The van der Waals surface area contributed by atoms with Crippen molar-refractivity contribution >= 4 is 33.9 Å². The Hall–Kier alpha value is -3.61. The third-order valence-electron chi connectivity index (χ3n) is 7.75. The van der Waals surface area contributed by atoms with Crippen LogP contribution in [0.3, 0.4) is 0 Å². The van der Waals surface area contributed by atoms with E-state index in [0.717, 1.165) is 73.3 Å². The van der Waals surface area contributed by atoms with Crippen LogP contribution in [0.4, 0.5) is 5.82 Å². The number of ether oxygens (including phenoxy) is 1. The summed E-state index contributed by atoms with van der Waals surface area (Å²) in [5.41, 5.74) is 8.31. The first kappa shape index (κ1) is 24.7. The first-order chi connectivity index (χ1) is 18.3. The zero-order valence-corrected chi connectivity index (χ0v) is 22.1. The number of primary amides is 1. The van der Waals surface area contributed by atoms with Gasteiger partial charge < -0.3 is 20.4 Å². The molecule has 0 bridgehead atoms. The van der Waals surface area contributed by atoms with Crippen molar-refractivity contribution in [3.63, 3.8) is 0 Å². The Bertz CT molecular complexity index is 1480. The minimum Gasteiger partial charge on any atom is -0.378 e. The van der Waals surface area contributed by atoms with Crippen LogP contribution >= 0.6 is 0 Å². The first-order valence-electron chi connectivity index (χ1n) is 13.1. The number of fused-ring (bicyclic) bond motifs is 2. The lowest BCUT2D eigenvalue weighted by Crippen LogP contribution is -2.59. The van der Waals surface area contributed by atoms with E-state index in [2.05, 4.69) is 19.7 Å². The lowest BCUT2D eigenvalue weighted by atomic mass is 10.0. The number of para-hydroxylation sites is 2. The highest BCUT2D eigenvalue weighted by Crippen LogP contribution is 2.27. The highest BCUT2D eigenvalue weighted by molar-refractivity contribution is 5.85. The predicted molar refractivity (Wildman–Crippen MR) is 144 cm³/mol. The summed E-state index contributed by atoms with van der Waals surface area (Å²) >= 11 is 0. The van der Waals surface area contributed by atoms with Gasteiger partial charge in [0.25, 0.3) is 0 Å². The Morgan fingerprint density at radius 2 is 1.76 bits per heavy atom. The number of hydrogen-bond acceptors (Lipinski definition) is 9. The van der Waals surface area contributed by atoms with Crippen LogP contribution in [0.25, 0.3) is 28.1 Å². The van der Waals surface area contributed by atoms with E-state index in [1.807, 2.05) is 49.6 Å². The number of nitrogens with zero attached hydrogens (tertiary/aromatic N) is 8. The molecular weight excluding hydrogens is 484 g/mol. The van der Waals surface area contributed by atoms with Gasteiger partial charge in [0.2, 0.25) is 11.9 Å². The van der Waals surface area contributed by atoms with Gasteiger partial charge in [-0.1, -0.05) is 12.1 Å². The summed E-state index contributed by atoms with van der Waals surface area (Å²) in [6.45, 7) is 12.4. The predicted octanol–water partition coefficient (Wildman–Crippen LogP) is 1.22. The summed E-state index contributed by atoms with van der Waals surface area (Å²) in [5, 5.41) is 0. The van der Waals surface area contributed by atoms with Crippen molar-refractivity contribution in [1.29, 1.82) is 0 Å². The Morgan fingerprint density at radius 1 is 1.03 bits per heavy atom. The van der Waals surface area contributed by atoms with Gasteiger partial charge in [0, 0.05) is 39.3 Å². The van der Waals surface area contributed by atoms with Gasteiger partial charge in [0.05, 0.1) is 36.3 Å². The molecule has 3 N–H and O–H groups in total. The molecule has 2 saturated heterocycles. The SMILES string of the molecule is Cc1nc2ccccc2n1-c1nc(N2CCOCC2)c2[nH]c(CN3CCN(C(C)(C)C(N)=O)CC3)nc2n1. The van der Waals surface area contributed by atoms with E-state index in [4.69, 9.17) is 30.4 Å². The lowest BCUT2D eigenvalue weighted by Gasteiger charge is -2.42. The van der Waals surface area contributed by atoms with Crippen molar-refractivity contribution in [2.45, 2.75) is 32.9 Å². The van der Waals surface area contributed by atoms with E-state index in [0.29, 0.717) is 31.4 Å². The van der Waals surface area contributed by atoms with Crippen LogP contribution in [0.5, 0.6) is 0 Å². The van der Waals surface area contributed by atoms with Gasteiger partial charge in [-0.2, -0.15) is 9.97 Å². The van der Waals surface area contributed by atoms with Crippen molar-refractivity contribution in [3.8, 4) is 5.95 Å². The van der Waals surface area contributed by atoms with Crippen molar-refractivity contribution in [2.24, 2.45) is 5.73 Å². The van der Waals surface area contributed by atoms with Crippen LogP contribution < -0.4 is 10.6 Å². The molecule has 0 unspecified atom stereocenters. The molecule has 0 spiro atoms. The summed E-state index contributed by atoms with van der Waals surface area (Å²) < 4.78 is 7.59. The van der Waals surface area contributed by atoms with Gasteiger partial charge in [0.1, 0.15) is 17.2 Å². The topological polar surface area (TPSA) is 134 Å². The number of amides is 1. The fourth-order valence-electron chi connectivity index (χ4n) is 5.33. The van der Waals surface area contributed by atoms with E-state index in [1.54, 1.807) is 0 Å². The number of nitrogens with one attached hydrogen (secondary N) is 1. The van der Waals surface area contributed by atoms with Crippen molar-refractivity contribution < 1.29 is 9.53 Å². The molecule has 4 aromatic rings. The second-order valence-corrected chi connectivity index (χ2v) is 10.5. The van der Waals surface area contributed by atoms with Crippen molar-refractivity contribution in [3.05, 3.63) is 35.9 Å². The molecule has 5 heterocycles. The largest absolute Gasteiger partial charge is 0.378 e. The highest BCUT2D eigenvalue weighted by Gasteiger charge is 2.35. The van der Waals surface area contributed by atoms with Gasteiger partial charge in [-0.15, -0.1) is 0 Å². The van der Waals surface area contributed by atoms with Crippen LogP contribution in [-0.4, -0.2) is 103 Å². The number of anilines is 1. The molecule has 3 aromatic heterocycles. The number of piperazine rings is 1. The maximum absolute atomic E-state index is 11.9. The number of aromatic nitrogens is 6. The molecule has 1 amide bonds. The van der Waals surface area contributed by atoms with Gasteiger partial charge in [-0.05, 0) is 32.9 Å². The quantitative estimate of drug-likeness (QED) is 0.386. The third-order valence-corrected chi connectivity index (χ3v) is 7.75. The standard InChI is InChI=1S/C26H34N10O2/c1-17-28-18-6-4-5-7-19(18)36(17)25-31-22-21(23(32-25)34-12-14-38-15-13-34)29-20(30-22)16-33-8-10-35(11-9-33)26(2,3)24(27)37/h4-7H,8-16H2,1-3H3,(H2,27,37)(H,29,30,31,32). The lowest BCUT2D eigenvalue weighted by molar-refractivity contribution is -0.129. The number of rotatable bonds is 6. The molecule has 12 nitrogen and oxygen atoms in total. The van der Waals surface area contributed by atoms with E-state index < -0.39 is 5.54 Å². The second kappa shape index (κ2) is 9.61. The number of aryl methyl sites for hydroxylation is 1. The van der Waals surface area contributed by atoms with E-state index >= 15 is 0 Å². The Kier molecular flexibility index (Phi) is 6.25. The number of nitrogens with two attached hydrogens (primary N) is 1. The average molecular weight is 519 g/mol. The van der Waals surface area contributed by atoms with Crippen molar-refractivity contribution in [2.75, 3.05) is 57.4 Å². The fraction of sp³-hybridized carbons (Fsp3) is 0.500. The maximum atomic E-state index is 11.9. The van der Waals surface area contributed by atoms with Crippen LogP contribution in [0.2, 0.25) is 0 Å². The number of H-pyrrole nitrogens is 1. The van der Waals surface area contributed by atoms with E-state index in [9.17, 15) is 4.79 Å². The highest BCUT2D eigenvalue weighted by atomic mass is 16.5. The van der Waals surface area contributed by atoms with Gasteiger partial charge in [-0.3, -0.25) is 19.2 Å². The van der Waals surface area contributed by atoms with Gasteiger partial charge in [0.15, 0.2) is 11.5 Å². The zero-order valence-electron chi connectivity index (χ0n) is 22.1. The van der Waals surface area contributed by atoms with Crippen LogP contribution in [0.1, 0.15) is 25.5 Å². The molecule has 200 valence electrons. The van der Waals surface area contributed by atoms with E-state index in [1.165, 1.54) is 0 Å². The van der Waals surface area contributed by atoms with E-state index in [-0.39, 0.29) is 5.91 Å². The molecule has 6 rings (SSSR count). The molecule has 1 aromatic carbocycles. The molecule has 2 aliphatic heterocycles. The molecule has 0 saturated carbocycles. The van der Waals surface area contributed by atoms with Gasteiger partial charge in [-0.25, -0.2) is 9.97 Å². The minimum absolute atomic E-state index is 0.297. The molecule has 0 radical (unpaired) electrons. The fourth-order valence-corrected chi connectivity index (χ4v) is 5.33. The number of carbonyl (C=O) groups is 1. The summed E-state index contributed by atoms with van der Waals surface area (Å²) in [6, 6.07) is 8.01. The molecule has 12 heteroatoms. The maximum Gasteiger partial charge on any atom is 0.239 e. The number of carbonyl (C=O) groups excluding carboxylic acids is 1. The molecular formula is C26H34N10O2. The number of benzene rings is 1. The molecule has 0 aliphatic carbocycles. The monoisotopic (exact) mass is 518 g/mol. The number of hydrogen-bond donors (Lipinski definition) is 2. The molecule has 38 heavy (non-hydrogen) atoms. The summed E-state index contributed by atoms with van der Waals surface area (Å²) in [6.07, 6.45) is 0. The smallest absolute Gasteiger partial charge is 0.239 e. The number of morpholine rings is 1. The third kappa shape index (κ3) is 4.38. The average Bonchev–Trinajstić information content (AvgIpc) is 3.48. The van der Waals surface area contributed by atoms with Crippen LogP contribution in [-0.2, 0) is 16.1 Å². The Morgan fingerprint density at radius 3 is 2.50 bits per heavy atom. The summed E-state index contributed by atoms with van der Waals surface area (Å²) in [4.78, 5) is 41.7. The summed E-state index contributed by atoms with van der Waals surface area (Å²) in [5.74, 6) is 2.76. The first-order valence-corrected chi connectivity index (χ1v) is 13.1. The Labute approximate surface area is 220 Å². The van der Waals surface area contributed by atoms with Crippen LogP contribution in [0.15, 0.2) is 24.3 Å². The summed E-state index contributed by atoms with van der Waals surface area (Å²) in [7, 11) is 0. The molecule has 2 fully saturated rings. The zero-order chi connectivity index (χ0) is 26.4. The Balaban J connectivity index is 1.33. The van der Waals surface area contributed by atoms with Crippen molar-refractivity contribution in [1.82, 2.24) is 39.3 Å². The van der Waals surface area contributed by atoms with Crippen LogP contribution in [0, 0.1) is 6.92 Å². The normalized spacial score (nSPS) is 18.0. The second-order valence-electron chi connectivity index (χ2n) is 10.5. The number of aromatic amines is 1.